The van der Waals surface area contributed by atoms with Gasteiger partial charge in [-0.15, -0.1) is 0 Å². The smallest absolute Gasteiger partial charge is 0.302 e. The third-order valence-corrected chi connectivity index (χ3v) is 5.57. The summed E-state index contributed by atoms with van der Waals surface area (Å²) in [7, 11) is -14.9. The Morgan fingerprint density at radius 1 is 0.600 bits per heavy atom. The van der Waals surface area contributed by atoms with Crippen LogP contribution in [0.2, 0.25) is 0 Å². The molecule has 15 heavy (non-hydrogen) atoms. The molecule has 0 atom stereocenters. The van der Waals surface area contributed by atoms with E-state index in [1.165, 1.54) is 0 Å². The molecule has 0 unspecified atom stereocenters. The third kappa shape index (κ3) is 9.05. The average molecular weight is 309 g/mol. The van der Waals surface area contributed by atoms with Gasteiger partial charge in [-0.25, -0.2) is 13.7 Å². The molecule has 0 aliphatic carbocycles. The fourth-order valence-corrected chi connectivity index (χ4v) is 4.73. The first kappa shape index (κ1) is 23.5. The summed E-state index contributed by atoms with van der Waals surface area (Å²) in [4.78, 5) is 25.2. The normalized spacial score (nSPS) is 44.2. The van der Waals surface area contributed by atoms with Gasteiger partial charge in [-0.1, -0.05) is 0 Å². The van der Waals surface area contributed by atoms with E-state index in [0.717, 1.165) is 0 Å². The second kappa shape index (κ2) is 7.90. The second-order valence-corrected chi connectivity index (χ2v) is 6.42. The third-order valence-electron chi connectivity index (χ3n) is 0.619. The Hall–Kier alpha value is 3.45. The zero-order valence-corrected chi connectivity index (χ0v) is 16.8. The van der Waals surface area contributed by atoms with Crippen LogP contribution in [0, 0.1) is 0 Å². The summed E-state index contributed by atoms with van der Waals surface area (Å²) in [6.07, 6.45) is 0. The van der Waals surface area contributed by atoms with Crippen LogP contribution in [0.5, 0.6) is 0 Å². The van der Waals surface area contributed by atoms with Gasteiger partial charge in [0.1, 0.15) is 0 Å². The van der Waals surface area contributed by atoms with Gasteiger partial charge in [0.2, 0.25) is 0 Å². The Balaban J connectivity index is -0.000000480. The Morgan fingerprint density at radius 3 is 0.867 bits per heavy atom. The van der Waals surface area contributed by atoms with E-state index in [0.29, 0.717) is 0 Å². The summed E-state index contributed by atoms with van der Waals surface area (Å²) in [6, 6.07) is 0. The van der Waals surface area contributed by atoms with Gasteiger partial charge in [-0.2, -0.15) is 12.9 Å². The molecule has 3 N–H and O–H groups in total. The molecule has 15 heteroatoms. The minimum absolute atomic E-state index is 0. The maximum Gasteiger partial charge on any atom is 0.490 e. The minimum atomic E-state index is -4.98. The van der Waals surface area contributed by atoms with Crippen LogP contribution < -0.4 is 0 Å². The largest absolute Gasteiger partial charge is 0.490 e. The summed E-state index contributed by atoms with van der Waals surface area (Å²) in [6.45, 7) is 0. The molecular weight excluding hydrogens is 306 g/mol. The van der Waals surface area contributed by atoms with Crippen molar-refractivity contribution in [3.05, 3.63) is 0 Å². The first-order valence-electron chi connectivity index (χ1n) is 2.24. The Bertz CT molecular complexity index is 265. The van der Waals surface area contributed by atoms with Crippen molar-refractivity contribution in [2.75, 3.05) is 0 Å². The molecule has 1 aliphatic rings. The van der Waals surface area contributed by atoms with Crippen LogP contribution in [-0.2, 0) is 26.6 Å². The molecule has 1 rings (SSSR count). The molecule has 1 saturated heterocycles. The van der Waals surface area contributed by atoms with Gasteiger partial charge in [0.25, 0.3) is 0 Å². The van der Waals surface area contributed by atoms with Gasteiger partial charge in [0, 0.05) is 88.7 Å². The SMILES string of the molecule is O=P1(O)OP(=O)(O)OP(=O)(O)O1.[Na].[Na].[Na]. The van der Waals surface area contributed by atoms with Gasteiger partial charge in [-0.3, -0.25) is 0 Å². The van der Waals surface area contributed by atoms with E-state index in [2.05, 4.69) is 12.9 Å². The van der Waals surface area contributed by atoms with Crippen molar-refractivity contribution in [1.82, 2.24) is 0 Å². The zero-order valence-electron chi connectivity index (χ0n) is 8.13. The Morgan fingerprint density at radius 2 is 0.733 bits per heavy atom. The van der Waals surface area contributed by atoms with Crippen LogP contribution in [0.4, 0.5) is 0 Å². The Kier molecular flexibility index (Phi) is 12.4. The van der Waals surface area contributed by atoms with Gasteiger partial charge in [0.05, 0.1) is 0 Å². The molecule has 75 valence electrons. The monoisotopic (exact) mass is 309 g/mol. The molecular formula is H3Na3O9P3. The average Bonchev–Trinajstić information content (AvgIpc) is 1.44. The van der Waals surface area contributed by atoms with Gasteiger partial charge in [-0.05, 0) is 0 Å². The van der Waals surface area contributed by atoms with Crippen LogP contribution in [-0.4, -0.2) is 103 Å². The van der Waals surface area contributed by atoms with E-state index >= 15 is 0 Å². The first-order valence-corrected chi connectivity index (χ1v) is 6.73. The first-order chi connectivity index (χ1) is 5.12. The predicted octanol–water partition coefficient (Wildman–Crippen LogP) is -0.791. The van der Waals surface area contributed by atoms with E-state index in [1.807, 2.05) is 0 Å². The molecule has 0 bridgehead atoms. The molecule has 0 saturated carbocycles. The predicted molar refractivity (Wildman–Crippen MR) is 50.0 cm³/mol. The van der Waals surface area contributed by atoms with E-state index in [1.54, 1.807) is 0 Å². The zero-order chi connectivity index (χ0) is 9.62. The molecule has 9 nitrogen and oxygen atoms in total. The topological polar surface area (TPSA) is 140 Å². The molecule has 0 aromatic heterocycles. The molecule has 0 aromatic carbocycles. The standard InChI is InChI=1S/3Na.H3O9P3/c;;;1-10(2)7-11(3,4)9-12(5,6)8-10/h;;;(H,1,2)(H,3,4)(H,5,6). The van der Waals surface area contributed by atoms with Crippen molar-refractivity contribution < 1.29 is 41.3 Å². The van der Waals surface area contributed by atoms with Crippen molar-refractivity contribution in [2.45, 2.75) is 0 Å². The van der Waals surface area contributed by atoms with Crippen molar-refractivity contribution in [1.29, 1.82) is 0 Å². The van der Waals surface area contributed by atoms with Gasteiger partial charge >= 0.3 is 23.5 Å². The van der Waals surface area contributed by atoms with E-state index < -0.39 is 23.5 Å². The molecule has 0 aromatic rings. The van der Waals surface area contributed by atoms with Crippen LogP contribution in [0.1, 0.15) is 0 Å². The molecule has 0 amide bonds. The summed E-state index contributed by atoms with van der Waals surface area (Å²) in [5.41, 5.74) is 0. The Labute approximate surface area is 151 Å². The number of phosphoric acid groups is 3. The fourth-order valence-electron chi connectivity index (χ4n) is 0.436. The molecule has 1 heterocycles. The number of hydrogen-bond donors (Lipinski definition) is 3. The van der Waals surface area contributed by atoms with Gasteiger partial charge < -0.3 is 14.7 Å². The maximum atomic E-state index is 10.4. The maximum absolute atomic E-state index is 10.4. The van der Waals surface area contributed by atoms with Crippen molar-refractivity contribution >= 4 is 112 Å². The van der Waals surface area contributed by atoms with Crippen LogP contribution in [0.25, 0.3) is 0 Å². The quantitative estimate of drug-likeness (QED) is 0.388. The molecule has 3 radical (unpaired) electrons. The summed E-state index contributed by atoms with van der Waals surface area (Å²) < 4.78 is 41.6. The summed E-state index contributed by atoms with van der Waals surface area (Å²) in [5.74, 6) is 0. The molecule has 1 aliphatic heterocycles. The number of hydrogen-bond acceptors (Lipinski definition) is 6. The van der Waals surface area contributed by atoms with E-state index in [4.69, 9.17) is 14.7 Å². The van der Waals surface area contributed by atoms with Crippen LogP contribution >= 0.6 is 23.5 Å². The van der Waals surface area contributed by atoms with E-state index in [9.17, 15) is 13.7 Å². The van der Waals surface area contributed by atoms with Crippen LogP contribution in [0.3, 0.4) is 0 Å². The summed E-state index contributed by atoms with van der Waals surface area (Å²) >= 11 is 0. The summed E-state index contributed by atoms with van der Waals surface area (Å²) in [5, 5.41) is 0. The minimum Gasteiger partial charge on any atom is -0.302 e. The van der Waals surface area contributed by atoms with Crippen LogP contribution in [0.15, 0.2) is 0 Å². The van der Waals surface area contributed by atoms with Crippen molar-refractivity contribution in [2.24, 2.45) is 0 Å². The number of rotatable bonds is 0. The second-order valence-electron chi connectivity index (χ2n) is 1.65. The van der Waals surface area contributed by atoms with Crippen molar-refractivity contribution in [3.8, 4) is 0 Å². The molecule has 0 spiro atoms. The molecule has 1 fully saturated rings. The van der Waals surface area contributed by atoms with Gasteiger partial charge in [0.15, 0.2) is 0 Å². The van der Waals surface area contributed by atoms with Crippen molar-refractivity contribution in [3.63, 3.8) is 0 Å². The fraction of sp³-hybridized carbons (Fsp3) is 0. The van der Waals surface area contributed by atoms with E-state index in [-0.39, 0.29) is 88.7 Å².